The second-order valence-corrected chi connectivity index (χ2v) is 15.1. The van der Waals surface area contributed by atoms with Crippen molar-refractivity contribution in [2.45, 2.75) is 58.8 Å². The number of alkyl halides is 3. The Bertz CT molecular complexity index is 1650. The highest BCUT2D eigenvalue weighted by atomic mass is 32.2. The van der Waals surface area contributed by atoms with E-state index in [0.717, 1.165) is 12.1 Å². The number of sulfonamides is 2. The summed E-state index contributed by atoms with van der Waals surface area (Å²) in [4.78, 5) is 4.05. The summed E-state index contributed by atoms with van der Waals surface area (Å²) in [6.45, 7) is 3.60. The summed E-state index contributed by atoms with van der Waals surface area (Å²) in [5, 5.41) is 13.5. The molecular formula is C28H33F3N4O5S3. The summed E-state index contributed by atoms with van der Waals surface area (Å²) in [6.07, 6.45) is -2.31. The molecule has 0 amide bonds. The fraction of sp³-hybridized carbons (Fsp3) is 0.393. The van der Waals surface area contributed by atoms with Crippen LogP contribution in [0.2, 0.25) is 0 Å². The molecule has 2 N–H and O–H groups in total. The Hall–Kier alpha value is -2.53. The van der Waals surface area contributed by atoms with Gasteiger partial charge in [0.05, 0.1) is 10.4 Å². The molecule has 9 nitrogen and oxygen atoms in total. The van der Waals surface area contributed by atoms with Crippen molar-refractivity contribution in [3.05, 3.63) is 84.2 Å². The highest BCUT2D eigenvalue weighted by Gasteiger charge is 2.51. The van der Waals surface area contributed by atoms with Gasteiger partial charge in [0.25, 0.3) is 0 Å². The fourth-order valence-electron chi connectivity index (χ4n) is 4.99. The normalized spacial score (nSPS) is 20.3. The molecule has 3 aromatic rings. The lowest BCUT2D eigenvalue weighted by molar-refractivity contribution is -0.258. The summed E-state index contributed by atoms with van der Waals surface area (Å²) in [7, 11) is -8.26. The maximum Gasteiger partial charge on any atom is 0.421 e. The lowest BCUT2D eigenvalue weighted by Gasteiger charge is -2.46. The molecule has 15 heteroatoms. The van der Waals surface area contributed by atoms with Gasteiger partial charge in [-0.05, 0) is 56.2 Å². The molecule has 43 heavy (non-hydrogen) atoms. The fourth-order valence-corrected chi connectivity index (χ4v) is 8.74. The zero-order valence-corrected chi connectivity index (χ0v) is 26.2. The number of nitrogens with zero attached hydrogens (tertiary/aromatic N) is 3. The Labute approximate surface area is 255 Å². The van der Waals surface area contributed by atoms with Gasteiger partial charge in [-0.15, -0.1) is 12.6 Å². The van der Waals surface area contributed by atoms with Gasteiger partial charge in [0.1, 0.15) is 4.90 Å². The van der Waals surface area contributed by atoms with Crippen LogP contribution in [0.5, 0.6) is 0 Å². The van der Waals surface area contributed by atoms with Crippen LogP contribution in [-0.4, -0.2) is 73.9 Å². The Kier molecular flexibility index (Phi) is 9.39. The van der Waals surface area contributed by atoms with Crippen molar-refractivity contribution in [3.63, 3.8) is 0 Å². The number of hydrogen-bond acceptors (Lipinski definition) is 8. The summed E-state index contributed by atoms with van der Waals surface area (Å²) >= 11 is 4.32. The molecule has 1 saturated heterocycles. The van der Waals surface area contributed by atoms with Gasteiger partial charge in [-0.2, -0.15) is 21.8 Å². The van der Waals surface area contributed by atoms with E-state index in [2.05, 4.69) is 22.9 Å². The number of benzene rings is 2. The van der Waals surface area contributed by atoms with Crippen molar-refractivity contribution in [1.29, 1.82) is 0 Å². The van der Waals surface area contributed by atoms with Gasteiger partial charge in [-0.25, -0.2) is 16.8 Å². The molecule has 0 bridgehead atoms. The number of aliphatic hydroxyl groups is 1. The molecule has 4 rings (SSSR count). The summed E-state index contributed by atoms with van der Waals surface area (Å²) in [6, 6.07) is 13.4. The Morgan fingerprint density at radius 1 is 1.07 bits per heavy atom. The van der Waals surface area contributed by atoms with Gasteiger partial charge in [-0.3, -0.25) is 4.98 Å². The van der Waals surface area contributed by atoms with Gasteiger partial charge in [0, 0.05) is 49.5 Å². The minimum atomic E-state index is -4.95. The highest BCUT2D eigenvalue weighted by Crippen LogP contribution is 2.40. The van der Waals surface area contributed by atoms with Crippen LogP contribution in [0.3, 0.4) is 0 Å². The molecule has 0 spiro atoms. The van der Waals surface area contributed by atoms with Crippen LogP contribution in [-0.2, 0) is 31.2 Å². The van der Waals surface area contributed by atoms with Crippen molar-refractivity contribution < 1.29 is 35.1 Å². The third-order valence-corrected chi connectivity index (χ3v) is 12.0. The van der Waals surface area contributed by atoms with Gasteiger partial charge in [0.2, 0.25) is 20.0 Å². The van der Waals surface area contributed by atoms with Gasteiger partial charge in [-0.1, -0.05) is 36.4 Å². The first-order chi connectivity index (χ1) is 19.9. The topological polar surface area (TPSA) is 120 Å². The predicted octanol–water partition coefficient (Wildman–Crippen LogP) is 3.73. The minimum absolute atomic E-state index is 0.0330. The number of nitrogens with one attached hydrogen (secondary N) is 1. The van der Waals surface area contributed by atoms with Crippen molar-refractivity contribution in [1.82, 2.24) is 18.9 Å². The number of thiol groups is 1. The van der Waals surface area contributed by atoms with Crippen molar-refractivity contribution >= 4 is 32.7 Å². The van der Waals surface area contributed by atoms with Crippen LogP contribution in [0.1, 0.15) is 31.9 Å². The molecule has 0 saturated carbocycles. The zero-order chi connectivity index (χ0) is 31.8. The van der Waals surface area contributed by atoms with Crippen molar-refractivity contribution in [2.75, 3.05) is 26.2 Å². The third kappa shape index (κ3) is 6.48. The van der Waals surface area contributed by atoms with Crippen LogP contribution in [0, 0.1) is 0 Å². The Morgan fingerprint density at radius 2 is 1.72 bits per heavy atom. The predicted molar refractivity (Wildman–Crippen MR) is 157 cm³/mol. The van der Waals surface area contributed by atoms with E-state index in [1.807, 2.05) is 0 Å². The number of hydrogen-bond donors (Lipinski definition) is 3. The molecule has 2 aromatic carbocycles. The molecule has 1 aromatic heterocycles. The van der Waals surface area contributed by atoms with Gasteiger partial charge < -0.3 is 10.4 Å². The molecule has 234 valence electrons. The van der Waals surface area contributed by atoms with E-state index in [4.69, 9.17) is 0 Å². The first-order valence-corrected chi connectivity index (χ1v) is 16.6. The first kappa shape index (κ1) is 33.4. The Balaban J connectivity index is 1.85. The van der Waals surface area contributed by atoms with E-state index in [1.165, 1.54) is 57.4 Å². The van der Waals surface area contributed by atoms with E-state index in [1.54, 1.807) is 26.0 Å². The summed E-state index contributed by atoms with van der Waals surface area (Å²) in [5.74, 6) is 0. The lowest BCUT2D eigenvalue weighted by Crippen LogP contribution is -2.64. The van der Waals surface area contributed by atoms with E-state index in [9.17, 15) is 35.1 Å². The first-order valence-electron chi connectivity index (χ1n) is 13.3. The number of pyridine rings is 1. The molecule has 2 atom stereocenters. The standard InChI is InChI=1S/C28H33F3N4O5S3/c1-20(2)35(42(37,38)23-7-6-14-32-17-23)19-27(22-12-10-21(11-13-22)26(3,36)28(29,30)31)18-34(16-15-33-27)43(39,40)25-9-5-4-8-24(25)41/h4-14,17,20,33,36,41H,15-16,18-19H2,1-3H3/t26?,27-/m1/s1. The highest BCUT2D eigenvalue weighted by molar-refractivity contribution is 7.90. The smallest absolute Gasteiger partial charge is 0.376 e. The third-order valence-electron chi connectivity index (χ3n) is 7.55. The molecular weight excluding hydrogens is 626 g/mol. The van der Waals surface area contributed by atoms with E-state index < -0.39 is 49.0 Å². The summed E-state index contributed by atoms with van der Waals surface area (Å²) < 4.78 is 98.4. The summed E-state index contributed by atoms with van der Waals surface area (Å²) in [5.41, 5.74) is -4.64. The number of aromatic nitrogens is 1. The maximum atomic E-state index is 13.8. The average molecular weight is 659 g/mol. The molecule has 1 aliphatic heterocycles. The molecule has 0 aliphatic carbocycles. The molecule has 1 fully saturated rings. The monoisotopic (exact) mass is 658 g/mol. The second kappa shape index (κ2) is 12.1. The van der Waals surface area contributed by atoms with E-state index in [0.29, 0.717) is 12.5 Å². The SMILES string of the molecule is CC(C)N(C[C@@]1(c2ccc(C(C)(O)C(F)(F)F)cc2)CN(S(=O)(=O)c2ccccc2S)CCN1)S(=O)(=O)c1cccnc1. The van der Waals surface area contributed by atoms with E-state index >= 15 is 0 Å². The zero-order valence-electron chi connectivity index (χ0n) is 23.7. The van der Waals surface area contributed by atoms with Crippen LogP contribution in [0.15, 0.2) is 87.7 Å². The Morgan fingerprint density at radius 3 is 2.28 bits per heavy atom. The maximum absolute atomic E-state index is 13.8. The minimum Gasteiger partial charge on any atom is -0.376 e. The number of halogens is 3. The molecule has 1 unspecified atom stereocenters. The van der Waals surface area contributed by atoms with Crippen molar-refractivity contribution in [2.24, 2.45) is 0 Å². The number of piperazine rings is 1. The van der Waals surface area contributed by atoms with Gasteiger partial charge in [0.15, 0.2) is 5.60 Å². The average Bonchev–Trinajstić information content (AvgIpc) is 2.96. The van der Waals surface area contributed by atoms with Crippen LogP contribution >= 0.6 is 12.6 Å². The van der Waals surface area contributed by atoms with Crippen LogP contribution < -0.4 is 5.32 Å². The number of rotatable bonds is 9. The van der Waals surface area contributed by atoms with Crippen molar-refractivity contribution in [3.8, 4) is 0 Å². The lowest BCUT2D eigenvalue weighted by atomic mass is 9.85. The van der Waals surface area contributed by atoms with Crippen LogP contribution in [0.25, 0.3) is 0 Å². The van der Waals surface area contributed by atoms with Crippen LogP contribution in [0.4, 0.5) is 13.2 Å². The van der Waals surface area contributed by atoms with Gasteiger partial charge >= 0.3 is 6.18 Å². The quantitative estimate of drug-likeness (QED) is 0.300. The second-order valence-electron chi connectivity index (χ2n) is 10.8. The molecule has 0 radical (unpaired) electrons. The van der Waals surface area contributed by atoms with E-state index in [-0.39, 0.29) is 40.9 Å². The largest absolute Gasteiger partial charge is 0.421 e. The molecule has 2 heterocycles. The molecule has 1 aliphatic rings.